The van der Waals surface area contributed by atoms with Gasteiger partial charge in [-0.05, 0) is 18.8 Å². The maximum Gasteiger partial charge on any atom is 0.154 e. The second-order valence-corrected chi connectivity index (χ2v) is 5.24. The van der Waals surface area contributed by atoms with E-state index < -0.39 is 0 Å². The fraction of sp³-hybridized carbons (Fsp3) is 0.917. The summed E-state index contributed by atoms with van der Waals surface area (Å²) in [4.78, 5) is 11.5. The van der Waals surface area contributed by atoms with Crippen LogP contribution in [0.2, 0.25) is 0 Å². The number of fused-ring (bicyclic) bond motifs is 1. The maximum absolute atomic E-state index is 11.5. The number of halogens is 1. The van der Waals surface area contributed by atoms with Crippen LogP contribution in [0.1, 0.15) is 51.4 Å². The van der Waals surface area contributed by atoms with Crippen LogP contribution in [0.4, 0.5) is 0 Å². The van der Waals surface area contributed by atoms with Crippen molar-refractivity contribution < 1.29 is 4.79 Å². The number of ketones is 1. The lowest BCUT2D eigenvalue weighted by Gasteiger charge is -2.40. The Kier molecular flexibility index (Phi) is 3.48. The number of rotatable bonds is 0. The Balaban J connectivity index is 1.90. The monoisotopic (exact) mass is 214 g/mol. The van der Waals surface area contributed by atoms with Crippen LogP contribution in [0.25, 0.3) is 0 Å². The molecule has 2 heteroatoms. The van der Waals surface area contributed by atoms with Crippen molar-refractivity contribution in [2.24, 2.45) is 11.8 Å². The third-order valence-electron chi connectivity index (χ3n) is 3.83. The molecule has 2 fully saturated rings. The van der Waals surface area contributed by atoms with E-state index in [1.54, 1.807) is 0 Å². The summed E-state index contributed by atoms with van der Waals surface area (Å²) in [6, 6.07) is 0. The molecule has 80 valence electrons. The highest BCUT2D eigenvalue weighted by Crippen LogP contribution is 2.42. The molecule has 2 aliphatic rings. The number of hydrogen-bond acceptors (Lipinski definition) is 1. The summed E-state index contributed by atoms with van der Waals surface area (Å²) in [7, 11) is 0. The van der Waals surface area contributed by atoms with Gasteiger partial charge in [0.25, 0.3) is 0 Å². The highest BCUT2D eigenvalue weighted by molar-refractivity contribution is 6.34. The van der Waals surface area contributed by atoms with E-state index in [1.807, 2.05) is 0 Å². The molecule has 0 radical (unpaired) electrons. The molecule has 0 amide bonds. The molecule has 0 heterocycles. The van der Waals surface area contributed by atoms with Gasteiger partial charge in [0.15, 0.2) is 5.78 Å². The predicted molar refractivity (Wildman–Crippen MR) is 58.6 cm³/mol. The number of carbonyl (C=O) groups is 1. The molecule has 14 heavy (non-hydrogen) atoms. The molecule has 0 bridgehead atoms. The fourth-order valence-corrected chi connectivity index (χ4v) is 3.33. The van der Waals surface area contributed by atoms with Gasteiger partial charge < -0.3 is 0 Å². The van der Waals surface area contributed by atoms with E-state index in [-0.39, 0.29) is 5.38 Å². The van der Waals surface area contributed by atoms with Crippen molar-refractivity contribution in [2.75, 3.05) is 0 Å². The summed E-state index contributed by atoms with van der Waals surface area (Å²) in [6.45, 7) is 0. The van der Waals surface area contributed by atoms with Gasteiger partial charge in [0.1, 0.15) is 0 Å². The van der Waals surface area contributed by atoms with Crippen molar-refractivity contribution in [1.82, 2.24) is 0 Å². The van der Waals surface area contributed by atoms with Gasteiger partial charge in [0.2, 0.25) is 0 Å². The molecule has 0 spiro atoms. The summed E-state index contributed by atoms with van der Waals surface area (Å²) in [5.74, 6) is 1.18. The average Bonchev–Trinajstić information content (AvgIpc) is 2.23. The SMILES string of the molecule is O=C1[C@H]2CCCCCCCC[C@@H]2[C@H]1Cl. The third-order valence-corrected chi connectivity index (χ3v) is 4.37. The van der Waals surface area contributed by atoms with Crippen LogP contribution in [-0.4, -0.2) is 11.2 Å². The number of Topliss-reactive ketones (excluding diaryl/α,β-unsaturated/α-hetero) is 1. The minimum Gasteiger partial charge on any atom is -0.298 e. The van der Waals surface area contributed by atoms with Gasteiger partial charge in [-0.1, -0.05) is 38.5 Å². The second kappa shape index (κ2) is 4.65. The minimum atomic E-state index is -0.139. The van der Waals surface area contributed by atoms with Gasteiger partial charge in [0.05, 0.1) is 5.38 Å². The highest BCUT2D eigenvalue weighted by atomic mass is 35.5. The van der Waals surface area contributed by atoms with Crippen LogP contribution in [0.3, 0.4) is 0 Å². The maximum atomic E-state index is 11.5. The fourth-order valence-electron chi connectivity index (χ4n) is 2.87. The molecular formula is C12H19ClO. The standard InChI is InChI=1S/C12H19ClO/c13-11-9-7-5-3-1-2-4-6-8-10(9)12(11)14/h9-11H,1-8H2/t9-,10-,11+/m0/s1. The quantitative estimate of drug-likeness (QED) is 0.564. The second-order valence-electron chi connectivity index (χ2n) is 4.77. The Morgan fingerprint density at radius 3 is 2.21 bits per heavy atom. The molecule has 3 atom stereocenters. The highest BCUT2D eigenvalue weighted by Gasteiger charge is 2.47. The zero-order valence-corrected chi connectivity index (χ0v) is 9.43. The van der Waals surface area contributed by atoms with Crippen molar-refractivity contribution >= 4 is 17.4 Å². The summed E-state index contributed by atoms with van der Waals surface area (Å²) in [5, 5.41) is -0.139. The Labute approximate surface area is 91.2 Å². The van der Waals surface area contributed by atoms with E-state index in [0.717, 1.165) is 6.42 Å². The van der Waals surface area contributed by atoms with Gasteiger partial charge in [0, 0.05) is 5.92 Å². The zero-order chi connectivity index (χ0) is 9.97. The molecule has 0 aromatic carbocycles. The summed E-state index contributed by atoms with van der Waals surface area (Å²) < 4.78 is 0. The van der Waals surface area contributed by atoms with Crippen molar-refractivity contribution in [2.45, 2.75) is 56.7 Å². The van der Waals surface area contributed by atoms with E-state index in [1.165, 1.54) is 44.9 Å². The van der Waals surface area contributed by atoms with Crippen LogP contribution in [0.15, 0.2) is 0 Å². The van der Waals surface area contributed by atoms with E-state index in [0.29, 0.717) is 17.6 Å². The zero-order valence-electron chi connectivity index (χ0n) is 8.68. The first kappa shape index (κ1) is 10.5. The average molecular weight is 215 g/mol. The topological polar surface area (TPSA) is 17.1 Å². The number of carbonyl (C=O) groups excluding carboxylic acids is 1. The number of hydrogen-bond donors (Lipinski definition) is 0. The van der Waals surface area contributed by atoms with Crippen molar-refractivity contribution in [3.63, 3.8) is 0 Å². The molecule has 0 unspecified atom stereocenters. The molecule has 0 aliphatic heterocycles. The van der Waals surface area contributed by atoms with E-state index in [9.17, 15) is 4.79 Å². The normalized spacial score (nSPS) is 39.8. The first-order valence-corrected chi connectivity index (χ1v) is 6.42. The third kappa shape index (κ3) is 1.98. The molecule has 2 aliphatic carbocycles. The van der Waals surface area contributed by atoms with Crippen molar-refractivity contribution in [3.05, 3.63) is 0 Å². The molecule has 2 rings (SSSR count). The smallest absolute Gasteiger partial charge is 0.154 e. The van der Waals surface area contributed by atoms with Gasteiger partial charge in [-0.15, -0.1) is 11.6 Å². The molecule has 1 nitrogen and oxygen atoms in total. The predicted octanol–water partition coefficient (Wildman–Crippen LogP) is 3.54. The molecule has 0 aromatic rings. The van der Waals surface area contributed by atoms with Crippen LogP contribution >= 0.6 is 11.6 Å². The number of alkyl halides is 1. The van der Waals surface area contributed by atoms with Crippen LogP contribution < -0.4 is 0 Å². The van der Waals surface area contributed by atoms with Gasteiger partial charge in [-0.2, -0.15) is 0 Å². The summed E-state index contributed by atoms with van der Waals surface area (Å²) in [6.07, 6.45) is 10.2. The Morgan fingerprint density at radius 1 is 0.929 bits per heavy atom. The van der Waals surface area contributed by atoms with Crippen LogP contribution in [0, 0.1) is 11.8 Å². The van der Waals surface area contributed by atoms with E-state index in [4.69, 9.17) is 11.6 Å². The first-order valence-electron chi connectivity index (χ1n) is 5.98. The van der Waals surface area contributed by atoms with Gasteiger partial charge >= 0.3 is 0 Å². The summed E-state index contributed by atoms with van der Waals surface area (Å²) >= 11 is 6.04. The molecule has 0 aromatic heterocycles. The van der Waals surface area contributed by atoms with Crippen LogP contribution in [0.5, 0.6) is 0 Å². The van der Waals surface area contributed by atoms with Crippen LogP contribution in [-0.2, 0) is 4.79 Å². The molecular weight excluding hydrogens is 196 g/mol. The first-order chi connectivity index (χ1) is 6.80. The van der Waals surface area contributed by atoms with E-state index in [2.05, 4.69) is 0 Å². The lowest BCUT2D eigenvalue weighted by atomic mass is 9.67. The van der Waals surface area contributed by atoms with E-state index >= 15 is 0 Å². The summed E-state index contributed by atoms with van der Waals surface area (Å²) in [5.41, 5.74) is 0. The van der Waals surface area contributed by atoms with Crippen molar-refractivity contribution in [3.8, 4) is 0 Å². The largest absolute Gasteiger partial charge is 0.298 e. The molecule has 0 N–H and O–H groups in total. The minimum absolute atomic E-state index is 0.139. The Hall–Kier alpha value is -0.0400. The molecule has 2 saturated carbocycles. The lowest BCUT2D eigenvalue weighted by Crippen LogP contribution is -2.48. The van der Waals surface area contributed by atoms with Gasteiger partial charge in [-0.3, -0.25) is 4.79 Å². The van der Waals surface area contributed by atoms with Gasteiger partial charge in [-0.25, -0.2) is 0 Å². The Bertz CT molecular complexity index is 214. The lowest BCUT2D eigenvalue weighted by molar-refractivity contribution is -0.134. The Morgan fingerprint density at radius 2 is 1.50 bits per heavy atom. The molecule has 0 saturated heterocycles. The van der Waals surface area contributed by atoms with Crippen molar-refractivity contribution in [1.29, 1.82) is 0 Å².